The molecule has 0 radical (unpaired) electrons. The van der Waals surface area contributed by atoms with Crippen LogP contribution in [0.3, 0.4) is 0 Å². The van der Waals surface area contributed by atoms with Crippen molar-refractivity contribution in [2.75, 3.05) is 18.7 Å². The molecule has 2 aromatic carbocycles. The maximum atomic E-state index is 13.1. The van der Waals surface area contributed by atoms with Crippen LogP contribution in [-0.4, -0.2) is 46.3 Å². The molecule has 8 nitrogen and oxygen atoms in total. The Hall–Kier alpha value is -2.88. The van der Waals surface area contributed by atoms with Gasteiger partial charge in [0.2, 0.25) is 17.8 Å². The van der Waals surface area contributed by atoms with E-state index in [1.54, 1.807) is 17.0 Å². The Morgan fingerprint density at radius 3 is 2.71 bits per heavy atom. The van der Waals surface area contributed by atoms with Crippen molar-refractivity contribution in [3.05, 3.63) is 52.0 Å². The average molecular weight is 521 g/mol. The molecule has 1 aromatic heterocycles. The van der Waals surface area contributed by atoms with Gasteiger partial charge in [0.1, 0.15) is 5.01 Å². The second-order valence-corrected chi connectivity index (χ2v) is 9.48. The Balaban J connectivity index is 1.39. The van der Waals surface area contributed by atoms with Gasteiger partial charge in [-0.25, -0.2) is 0 Å². The topological polar surface area (TPSA) is 93.7 Å². The highest BCUT2D eigenvalue weighted by atomic mass is 35.5. The number of aromatic nitrogens is 2. The van der Waals surface area contributed by atoms with Crippen molar-refractivity contribution in [2.45, 2.75) is 32.7 Å². The van der Waals surface area contributed by atoms with Gasteiger partial charge >= 0.3 is 0 Å². The Morgan fingerprint density at radius 1 is 1.15 bits per heavy atom. The summed E-state index contributed by atoms with van der Waals surface area (Å²) in [4.78, 5) is 27.4. The van der Waals surface area contributed by atoms with Gasteiger partial charge in [0.25, 0.3) is 5.91 Å². The van der Waals surface area contributed by atoms with Crippen LogP contribution in [0.1, 0.15) is 37.0 Å². The summed E-state index contributed by atoms with van der Waals surface area (Å²) in [6, 6.07) is 10.2. The van der Waals surface area contributed by atoms with Gasteiger partial charge in [0.05, 0.1) is 10.6 Å². The summed E-state index contributed by atoms with van der Waals surface area (Å²) in [5.74, 6) is 0.817. The lowest BCUT2D eigenvalue weighted by atomic mass is 10.1. The van der Waals surface area contributed by atoms with Crippen molar-refractivity contribution >= 4 is 51.5 Å². The van der Waals surface area contributed by atoms with E-state index in [0.29, 0.717) is 32.2 Å². The third-order valence-electron chi connectivity index (χ3n) is 5.42. The predicted molar refractivity (Wildman–Crippen MR) is 132 cm³/mol. The molecule has 1 N–H and O–H groups in total. The maximum absolute atomic E-state index is 13.1. The van der Waals surface area contributed by atoms with Crippen LogP contribution in [0, 0.1) is 0 Å². The van der Waals surface area contributed by atoms with E-state index in [0.717, 1.165) is 12.0 Å². The minimum atomic E-state index is -0.267. The third-order valence-corrected chi connectivity index (χ3v) is 6.85. The molecule has 2 heterocycles. The highest BCUT2D eigenvalue weighted by Gasteiger charge is 2.24. The molecule has 34 heavy (non-hydrogen) atoms. The third kappa shape index (κ3) is 5.43. The van der Waals surface area contributed by atoms with E-state index in [2.05, 4.69) is 15.5 Å². The Labute approximate surface area is 210 Å². The van der Waals surface area contributed by atoms with Crippen LogP contribution in [0.4, 0.5) is 5.13 Å². The van der Waals surface area contributed by atoms with Crippen LogP contribution in [0.15, 0.2) is 36.4 Å². The lowest BCUT2D eigenvalue weighted by Crippen LogP contribution is -2.40. The van der Waals surface area contributed by atoms with Crippen LogP contribution in [0.2, 0.25) is 10.0 Å². The molecule has 2 amide bonds. The highest BCUT2D eigenvalue weighted by Crippen LogP contribution is 2.37. The van der Waals surface area contributed by atoms with Crippen LogP contribution in [0.25, 0.3) is 10.6 Å². The first-order valence-electron chi connectivity index (χ1n) is 10.6. The lowest BCUT2D eigenvalue weighted by molar-refractivity contribution is -0.116. The van der Waals surface area contributed by atoms with E-state index in [9.17, 15) is 9.59 Å². The zero-order chi connectivity index (χ0) is 24.2. The minimum Gasteiger partial charge on any atom is -0.454 e. The van der Waals surface area contributed by atoms with Crippen LogP contribution >= 0.6 is 34.5 Å². The number of hydrogen-bond acceptors (Lipinski definition) is 7. The van der Waals surface area contributed by atoms with Gasteiger partial charge in [-0.3, -0.25) is 9.59 Å². The van der Waals surface area contributed by atoms with Crippen molar-refractivity contribution in [3.8, 4) is 22.1 Å². The molecule has 0 spiro atoms. The summed E-state index contributed by atoms with van der Waals surface area (Å²) in [5, 5.41) is 12.7. The molecule has 178 valence electrons. The van der Waals surface area contributed by atoms with Gasteiger partial charge in [0.15, 0.2) is 11.5 Å². The van der Waals surface area contributed by atoms with Crippen molar-refractivity contribution in [2.24, 2.45) is 0 Å². The fourth-order valence-corrected chi connectivity index (χ4v) is 4.63. The molecule has 0 bridgehead atoms. The number of carbonyl (C=O) groups is 2. The molecule has 0 saturated heterocycles. The zero-order valence-electron chi connectivity index (χ0n) is 18.5. The van der Waals surface area contributed by atoms with E-state index >= 15 is 0 Å². The van der Waals surface area contributed by atoms with E-state index in [1.807, 2.05) is 32.0 Å². The fourth-order valence-electron chi connectivity index (χ4n) is 3.38. The first-order chi connectivity index (χ1) is 16.4. The van der Waals surface area contributed by atoms with Crippen molar-refractivity contribution in [1.82, 2.24) is 15.1 Å². The number of amides is 2. The average Bonchev–Trinajstić information content (AvgIpc) is 3.47. The number of rotatable bonds is 8. The summed E-state index contributed by atoms with van der Waals surface area (Å²) in [7, 11) is 0. The number of halogens is 2. The normalized spacial score (nSPS) is 12.9. The highest BCUT2D eigenvalue weighted by molar-refractivity contribution is 7.18. The number of ether oxygens (including phenoxy) is 2. The number of hydrogen-bond donors (Lipinski definition) is 1. The first-order valence-corrected chi connectivity index (χ1v) is 12.2. The van der Waals surface area contributed by atoms with Crippen molar-refractivity contribution in [3.63, 3.8) is 0 Å². The second kappa shape index (κ2) is 10.6. The van der Waals surface area contributed by atoms with Gasteiger partial charge in [-0.1, -0.05) is 41.5 Å². The summed E-state index contributed by atoms with van der Waals surface area (Å²) in [6.45, 7) is 4.33. The van der Waals surface area contributed by atoms with Gasteiger partial charge in [0, 0.05) is 29.6 Å². The molecular weight excluding hydrogens is 499 g/mol. The quantitative estimate of drug-likeness (QED) is 0.420. The predicted octanol–water partition coefficient (Wildman–Crippen LogP) is 5.51. The first kappa shape index (κ1) is 24.3. The largest absolute Gasteiger partial charge is 0.454 e. The second-order valence-electron chi connectivity index (χ2n) is 7.66. The number of nitrogens with zero attached hydrogens (tertiary/aromatic N) is 3. The molecule has 3 aromatic rings. The van der Waals surface area contributed by atoms with E-state index in [4.69, 9.17) is 32.7 Å². The van der Waals surface area contributed by atoms with E-state index in [-0.39, 0.29) is 42.6 Å². The molecule has 11 heteroatoms. The SMILES string of the molecule is CCC(C)N(CCC(=O)Nc1nnc(-c2ccc3c(c2)OCO3)s1)C(=O)c1ccc(Cl)cc1Cl. The molecule has 0 aliphatic carbocycles. The molecule has 1 aliphatic heterocycles. The van der Waals surface area contributed by atoms with Crippen LogP contribution in [-0.2, 0) is 4.79 Å². The number of anilines is 1. The summed E-state index contributed by atoms with van der Waals surface area (Å²) < 4.78 is 10.7. The van der Waals surface area contributed by atoms with Crippen LogP contribution < -0.4 is 14.8 Å². The zero-order valence-corrected chi connectivity index (χ0v) is 20.8. The summed E-state index contributed by atoms with van der Waals surface area (Å²) >= 11 is 13.4. The molecule has 1 atom stereocenters. The number of nitrogens with one attached hydrogen (secondary N) is 1. The van der Waals surface area contributed by atoms with Crippen molar-refractivity contribution in [1.29, 1.82) is 0 Å². The molecule has 1 unspecified atom stereocenters. The Bertz CT molecular complexity index is 1220. The number of fused-ring (bicyclic) bond motifs is 1. The molecule has 4 rings (SSSR count). The summed E-state index contributed by atoms with van der Waals surface area (Å²) in [5.41, 5.74) is 1.17. The molecule has 0 saturated carbocycles. The minimum absolute atomic E-state index is 0.0776. The van der Waals surface area contributed by atoms with Crippen LogP contribution in [0.5, 0.6) is 11.5 Å². The standard InChI is InChI=1S/C23H22Cl2N4O4S/c1-3-13(2)29(22(31)16-6-5-15(24)11-17(16)25)9-8-20(30)26-23-28-27-21(34-23)14-4-7-18-19(10-14)33-12-32-18/h4-7,10-11,13H,3,8-9,12H2,1-2H3,(H,26,28,30). The molecule has 0 fully saturated rings. The van der Waals surface area contributed by atoms with Gasteiger partial charge in [-0.2, -0.15) is 0 Å². The fraction of sp³-hybridized carbons (Fsp3) is 0.304. The Kier molecular flexibility index (Phi) is 7.55. The van der Waals surface area contributed by atoms with E-state index < -0.39 is 0 Å². The lowest BCUT2D eigenvalue weighted by Gasteiger charge is -2.29. The van der Waals surface area contributed by atoms with Gasteiger partial charge in [-0.05, 0) is 49.7 Å². The van der Waals surface area contributed by atoms with Gasteiger partial charge < -0.3 is 19.7 Å². The number of benzene rings is 2. The smallest absolute Gasteiger partial charge is 0.255 e. The maximum Gasteiger partial charge on any atom is 0.255 e. The Morgan fingerprint density at radius 2 is 1.94 bits per heavy atom. The van der Waals surface area contributed by atoms with Gasteiger partial charge in [-0.15, -0.1) is 10.2 Å². The van der Waals surface area contributed by atoms with E-state index in [1.165, 1.54) is 17.4 Å². The number of carbonyl (C=O) groups excluding carboxylic acids is 2. The monoisotopic (exact) mass is 520 g/mol. The molecule has 1 aliphatic rings. The van der Waals surface area contributed by atoms with Crippen molar-refractivity contribution < 1.29 is 19.1 Å². The summed E-state index contributed by atoms with van der Waals surface area (Å²) in [6.07, 6.45) is 0.827. The molecular formula is C23H22Cl2N4O4S.